The molecular formula is C37H40N2O4. The van der Waals surface area contributed by atoms with Gasteiger partial charge in [0.15, 0.2) is 0 Å². The lowest BCUT2D eigenvalue weighted by Crippen LogP contribution is -2.32. The Balaban J connectivity index is 1.31. The first-order valence-corrected chi connectivity index (χ1v) is 15.3. The molecule has 2 aliphatic rings. The molecule has 43 heavy (non-hydrogen) atoms. The van der Waals surface area contributed by atoms with Crippen molar-refractivity contribution in [3.05, 3.63) is 118 Å². The number of aliphatic hydroxyl groups is 1. The van der Waals surface area contributed by atoms with Crippen molar-refractivity contribution < 1.29 is 19.4 Å². The molecule has 3 N–H and O–H groups in total. The predicted molar refractivity (Wildman–Crippen MR) is 169 cm³/mol. The van der Waals surface area contributed by atoms with Gasteiger partial charge in [0.05, 0.1) is 6.61 Å². The van der Waals surface area contributed by atoms with Gasteiger partial charge in [0.25, 0.3) is 0 Å². The van der Waals surface area contributed by atoms with Crippen LogP contribution in [0.25, 0.3) is 11.1 Å². The molecule has 1 aliphatic heterocycles. The number of hydrogen-bond donors (Lipinski definition) is 2. The molecule has 6 nitrogen and oxygen atoms in total. The van der Waals surface area contributed by atoms with E-state index in [4.69, 9.17) is 15.2 Å². The van der Waals surface area contributed by atoms with Crippen LogP contribution >= 0.6 is 0 Å². The van der Waals surface area contributed by atoms with Gasteiger partial charge in [0, 0.05) is 29.8 Å². The Morgan fingerprint density at radius 1 is 0.907 bits per heavy atom. The second-order valence-corrected chi connectivity index (χ2v) is 11.7. The molecular weight excluding hydrogens is 536 g/mol. The summed E-state index contributed by atoms with van der Waals surface area (Å²) in [6.45, 7) is 4.82. The van der Waals surface area contributed by atoms with Crippen molar-refractivity contribution in [1.82, 2.24) is 4.90 Å². The number of aliphatic hydroxyl groups excluding tert-OH is 1. The van der Waals surface area contributed by atoms with E-state index in [1.54, 1.807) is 12.1 Å². The number of ether oxygens (including phenoxy) is 2. The Labute approximate surface area is 254 Å². The fourth-order valence-electron chi connectivity index (χ4n) is 6.64. The number of hydrogen-bond acceptors (Lipinski definition) is 5. The first-order valence-electron chi connectivity index (χ1n) is 15.3. The highest BCUT2D eigenvalue weighted by molar-refractivity contribution is 5.92. The number of nitrogens with two attached hydrogens (primary N) is 1. The number of amides is 1. The second-order valence-electron chi connectivity index (χ2n) is 11.7. The van der Waals surface area contributed by atoms with Gasteiger partial charge in [-0.25, -0.2) is 0 Å². The third kappa shape index (κ3) is 6.31. The van der Waals surface area contributed by atoms with E-state index in [0.717, 1.165) is 67.8 Å². The summed E-state index contributed by atoms with van der Waals surface area (Å²) in [5, 5.41) is 10.0. The van der Waals surface area contributed by atoms with Gasteiger partial charge in [0.2, 0.25) is 5.91 Å². The summed E-state index contributed by atoms with van der Waals surface area (Å²) in [7, 11) is 0. The molecule has 6 rings (SSSR count). The monoisotopic (exact) mass is 576 g/mol. The van der Waals surface area contributed by atoms with E-state index >= 15 is 0 Å². The largest absolute Gasteiger partial charge is 0.488 e. The number of carbonyl (C=O) groups is 1. The fraction of sp³-hybridized carbons (Fsp3) is 0.324. The molecule has 1 fully saturated rings. The van der Waals surface area contributed by atoms with Gasteiger partial charge in [-0.2, -0.15) is 0 Å². The van der Waals surface area contributed by atoms with Crippen LogP contribution in [0.4, 0.5) is 0 Å². The van der Waals surface area contributed by atoms with Crippen LogP contribution in [0.3, 0.4) is 0 Å². The van der Waals surface area contributed by atoms with Crippen LogP contribution in [0.1, 0.15) is 63.0 Å². The molecule has 1 unspecified atom stereocenters. The van der Waals surface area contributed by atoms with Crippen LogP contribution in [0.2, 0.25) is 0 Å². The molecule has 4 aromatic carbocycles. The van der Waals surface area contributed by atoms with Gasteiger partial charge in [-0.15, -0.1) is 0 Å². The maximum absolute atomic E-state index is 11.8. The van der Waals surface area contributed by atoms with Crippen LogP contribution < -0.4 is 15.2 Å². The Kier molecular flexibility index (Phi) is 8.77. The van der Waals surface area contributed by atoms with Crippen molar-refractivity contribution >= 4 is 5.91 Å². The van der Waals surface area contributed by atoms with Crippen molar-refractivity contribution in [3.8, 4) is 22.6 Å². The van der Waals surface area contributed by atoms with E-state index in [0.29, 0.717) is 18.8 Å². The second kappa shape index (κ2) is 13.0. The standard InChI is InChI=1S/C37H40N2O4/c1-25-29(13-6-15-31(25)27-10-3-2-4-11-27)24-43-35-20-36(42-23-26-9-5-12-28(19-26)37(38)41)34(32-16-7-17-33(32)35)21-39-18-8-14-30(39)22-40/h2-6,9-13,15,19-20,30,40H,7-8,14,16-18,21-24H2,1H3,(H2,38,41). The minimum atomic E-state index is -0.452. The van der Waals surface area contributed by atoms with Gasteiger partial charge in [-0.1, -0.05) is 60.7 Å². The zero-order valence-corrected chi connectivity index (χ0v) is 24.9. The molecule has 1 heterocycles. The lowest BCUT2D eigenvalue weighted by atomic mass is 9.97. The maximum Gasteiger partial charge on any atom is 0.248 e. The molecule has 1 amide bonds. The summed E-state index contributed by atoms with van der Waals surface area (Å²) < 4.78 is 13.2. The Bertz CT molecular complexity index is 1600. The minimum Gasteiger partial charge on any atom is -0.488 e. The Hall–Kier alpha value is -4.13. The van der Waals surface area contributed by atoms with Crippen molar-refractivity contribution in [2.45, 2.75) is 64.8 Å². The average molecular weight is 577 g/mol. The first-order chi connectivity index (χ1) is 21.0. The number of carbonyl (C=O) groups excluding carboxylic acids is 1. The van der Waals surface area contributed by atoms with Crippen molar-refractivity contribution in [3.63, 3.8) is 0 Å². The highest BCUT2D eigenvalue weighted by Crippen LogP contribution is 2.41. The van der Waals surface area contributed by atoms with Crippen LogP contribution in [0.15, 0.2) is 78.9 Å². The van der Waals surface area contributed by atoms with Gasteiger partial charge in [-0.3, -0.25) is 9.69 Å². The van der Waals surface area contributed by atoms with E-state index in [1.165, 1.54) is 33.4 Å². The van der Waals surface area contributed by atoms with Crippen LogP contribution in [-0.4, -0.2) is 35.1 Å². The minimum absolute atomic E-state index is 0.168. The van der Waals surface area contributed by atoms with E-state index in [9.17, 15) is 9.90 Å². The summed E-state index contributed by atoms with van der Waals surface area (Å²) >= 11 is 0. The fourth-order valence-corrected chi connectivity index (χ4v) is 6.64. The van der Waals surface area contributed by atoms with Gasteiger partial charge < -0.3 is 20.3 Å². The third-order valence-electron chi connectivity index (χ3n) is 9.03. The molecule has 0 aromatic heterocycles. The van der Waals surface area contributed by atoms with Crippen LogP contribution in [0.5, 0.6) is 11.5 Å². The predicted octanol–water partition coefficient (Wildman–Crippen LogP) is 6.36. The number of benzene rings is 4. The van der Waals surface area contributed by atoms with Crippen molar-refractivity contribution in [1.29, 1.82) is 0 Å². The number of fused-ring (bicyclic) bond motifs is 1. The summed E-state index contributed by atoms with van der Waals surface area (Å²) in [6.07, 6.45) is 5.14. The van der Waals surface area contributed by atoms with Gasteiger partial charge in [-0.05, 0) is 96.6 Å². The molecule has 0 saturated carbocycles. The zero-order chi connectivity index (χ0) is 29.8. The van der Waals surface area contributed by atoms with Crippen molar-refractivity contribution in [2.75, 3.05) is 13.2 Å². The van der Waals surface area contributed by atoms with Crippen LogP contribution in [0, 0.1) is 6.92 Å². The first kappa shape index (κ1) is 29.0. The van der Waals surface area contributed by atoms with Crippen LogP contribution in [-0.2, 0) is 32.6 Å². The van der Waals surface area contributed by atoms with Gasteiger partial charge in [0.1, 0.15) is 24.7 Å². The summed E-state index contributed by atoms with van der Waals surface area (Å²) in [5.41, 5.74) is 15.4. The van der Waals surface area contributed by atoms with Crippen molar-refractivity contribution in [2.24, 2.45) is 5.73 Å². The molecule has 1 aliphatic carbocycles. The molecule has 222 valence electrons. The molecule has 0 bridgehead atoms. The van der Waals surface area contributed by atoms with E-state index in [1.807, 2.05) is 18.2 Å². The van der Waals surface area contributed by atoms with E-state index < -0.39 is 5.91 Å². The number of likely N-dealkylation sites (tertiary alicyclic amines) is 1. The lowest BCUT2D eigenvalue weighted by Gasteiger charge is -2.26. The quantitative estimate of drug-likeness (QED) is 0.217. The maximum atomic E-state index is 11.8. The van der Waals surface area contributed by atoms with E-state index in [2.05, 4.69) is 60.4 Å². The van der Waals surface area contributed by atoms with Gasteiger partial charge >= 0.3 is 0 Å². The summed E-state index contributed by atoms with van der Waals surface area (Å²) in [5.74, 6) is 1.23. The molecule has 6 heteroatoms. The SMILES string of the molecule is Cc1c(COc2cc(OCc3cccc(C(N)=O)c3)c(CN3CCCC3CO)c3c2CCC3)cccc1-c1ccccc1. The average Bonchev–Trinajstić information content (AvgIpc) is 3.71. The smallest absolute Gasteiger partial charge is 0.248 e. The zero-order valence-electron chi connectivity index (χ0n) is 24.9. The normalized spacial score (nSPS) is 16.3. The highest BCUT2D eigenvalue weighted by Gasteiger charge is 2.29. The molecule has 0 spiro atoms. The molecule has 4 aromatic rings. The third-order valence-corrected chi connectivity index (χ3v) is 9.03. The Morgan fingerprint density at radius 3 is 2.51 bits per heavy atom. The highest BCUT2D eigenvalue weighted by atomic mass is 16.5. The summed E-state index contributed by atoms with van der Waals surface area (Å²) in [6, 6.07) is 26.4. The Morgan fingerprint density at radius 2 is 1.70 bits per heavy atom. The van der Waals surface area contributed by atoms with E-state index in [-0.39, 0.29) is 12.6 Å². The number of nitrogens with zero attached hydrogens (tertiary/aromatic N) is 1. The molecule has 1 saturated heterocycles. The summed E-state index contributed by atoms with van der Waals surface area (Å²) in [4.78, 5) is 14.1. The topological polar surface area (TPSA) is 85.0 Å². The molecule has 0 radical (unpaired) electrons. The lowest BCUT2D eigenvalue weighted by molar-refractivity contribution is 0.1000. The molecule has 1 atom stereocenters. The number of primary amides is 1. The number of rotatable bonds is 11.